The van der Waals surface area contributed by atoms with Crippen LogP contribution in [0.4, 0.5) is 0 Å². The van der Waals surface area contributed by atoms with Crippen LogP contribution in [0.3, 0.4) is 0 Å². The van der Waals surface area contributed by atoms with Crippen LogP contribution in [-0.4, -0.2) is 11.7 Å². The van der Waals surface area contributed by atoms with E-state index in [0.29, 0.717) is 5.41 Å². The first-order chi connectivity index (χ1) is 8.50. The molecule has 1 nitrogen and oxygen atoms in total. The Labute approximate surface area is 113 Å². The van der Waals surface area contributed by atoms with Crippen LogP contribution in [0.25, 0.3) is 0 Å². The molecule has 2 saturated carbocycles. The molecular weight excluding hydrogens is 220 g/mol. The second-order valence-corrected chi connectivity index (χ2v) is 7.16. The summed E-state index contributed by atoms with van der Waals surface area (Å²) in [6, 6.07) is 0. The lowest BCUT2D eigenvalue weighted by Gasteiger charge is -2.52. The van der Waals surface area contributed by atoms with Gasteiger partial charge in [0.1, 0.15) is 0 Å². The van der Waals surface area contributed by atoms with Crippen molar-refractivity contribution >= 4 is 0 Å². The largest absolute Gasteiger partial charge is 0.392 e. The van der Waals surface area contributed by atoms with Gasteiger partial charge in [-0.1, -0.05) is 32.8 Å². The highest BCUT2D eigenvalue weighted by Gasteiger charge is 2.45. The van der Waals surface area contributed by atoms with E-state index < -0.39 is 0 Å². The molecule has 1 heteroatoms. The Morgan fingerprint density at radius 3 is 2.61 bits per heavy atom. The number of hydrogen-bond acceptors (Lipinski definition) is 1. The van der Waals surface area contributed by atoms with Crippen molar-refractivity contribution in [2.45, 2.75) is 66.2 Å². The van der Waals surface area contributed by atoms with Crippen molar-refractivity contribution < 1.29 is 5.11 Å². The molecule has 0 heterocycles. The second-order valence-electron chi connectivity index (χ2n) is 7.16. The molecular formula is C17H30O. The van der Waals surface area contributed by atoms with Gasteiger partial charge in [-0.2, -0.15) is 0 Å². The Kier molecular flexibility index (Phi) is 4.21. The first-order valence-corrected chi connectivity index (χ1v) is 7.79. The molecule has 2 aliphatic carbocycles. The molecule has 2 fully saturated rings. The molecule has 0 aromatic rings. The molecule has 0 radical (unpaired) electrons. The van der Waals surface area contributed by atoms with Gasteiger partial charge in [0.25, 0.3) is 0 Å². The van der Waals surface area contributed by atoms with Gasteiger partial charge in [0.15, 0.2) is 0 Å². The summed E-state index contributed by atoms with van der Waals surface area (Å²) in [4.78, 5) is 0. The maximum atomic E-state index is 9.35. The number of rotatable bonds is 2. The van der Waals surface area contributed by atoms with Crippen LogP contribution in [0, 0.1) is 23.2 Å². The normalized spacial score (nSPS) is 38.2. The molecule has 0 unspecified atom stereocenters. The standard InChI is InChI=1S/C17H30O/c1-5-15-9-8-13-6-7-14(12(2)11-18)10-16(13)17(15,3)4/h13,15-16,18H,5-11H2,1-4H3/b14-12+/t13-,15-,16+/m0/s1. The fourth-order valence-corrected chi connectivity index (χ4v) is 4.63. The van der Waals surface area contributed by atoms with Gasteiger partial charge < -0.3 is 5.11 Å². The van der Waals surface area contributed by atoms with Crippen LogP contribution < -0.4 is 0 Å². The van der Waals surface area contributed by atoms with E-state index in [9.17, 15) is 5.11 Å². The average molecular weight is 250 g/mol. The van der Waals surface area contributed by atoms with E-state index in [1.54, 1.807) is 5.57 Å². The average Bonchev–Trinajstić information content (AvgIpc) is 2.37. The van der Waals surface area contributed by atoms with Crippen LogP contribution in [0.5, 0.6) is 0 Å². The van der Waals surface area contributed by atoms with Gasteiger partial charge in [-0.25, -0.2) is 0 Å². The maximum absolute atomic E-state index is 9.35. The van der Waals surface area contributed by atoms with E-state index in [1.165, 1.54) is 44.1 Å². The smallest absolute Gasteiger partial charge is 0.0641 e. The predicted molar refractivity (Wildman–Crippen MR) is 77.4 cm³/mol. The molecule has 104 valence electrons. The SMILES string of the molecule is CC[C@H]1CC[C@@H]2CC/C(=C(/C)CO)C[C@H]2C1(C)C. The monoisotopic (exact) mass is 250 g/mol. The summed E-state index contributed by atoms with van der Waals surface area (Å²) in [6.07, 6.45) is 8.05. The van der Waals surface area contributed by atoms with Gasteiger partial charge in [0.2, 0.25) is 0 Å². The number of hydrogen-bond donors (Lipinski definition) is 1. The summed E-state index contributed by atoms with van der Waals surface area (Å²) in [5.74, 6) is 2.69. The van der Waals surface area contributed by atoms with Gasteiger partial charge in [-0.15, -0.1) is 0 Å². The van der Waals surface area contributed by atoms with Crippen molar-refractivity contribution in [2.24, 2.45) is 23.2 Å². The zero-order chi connectivity index (χ0) is 13.3. The molecule has 3 atom stereocenters. The third-order valence-electron chi connectivity index (χ3n) is 6.08. The summed E-state index contributed by atoms with van der Waals surface area (Å²) in [5, 5.41) is 9.35. The van der Waals surface area contributed by atoms with Gasteiger partial charge in [-0.3, -0.25) is 0 Å². The summed E-state index contributed by atoms with van der Waals surface area (Å²) in [7, 11) is 0. The minimum Gasteiger partial charge on any atom is -0.392 e. The summed E-state index contributed by atoms with van der Waals surface area (Å²) < 4.78 is 0. The molecule has 0 aromatic carbocycles. The van der Waals surface area contributed by atoms with E-state index in [1.807, 2.05) is 0 Å². The Morgan fingerprint density at radius 2 is 2.00 bits per heavy atom. The minimum atomic E-state index is 0.254. The number of aliphatic hydroxyl groups excluding tert-OH is 1. The van der Waals surface area contributed by atoms with Crippen molar-refractivity contribution in [1.82, 2.24) is 0 Å². The topological polar surface area (TPSA) is 20.2 Å². The molecule has 0 saturated heterocycles. The molecule has 18 heavy (non-hydrogen) atoms. The second kappa shape index (κ2) is 5.36. The van der Waals surface area contributed by atoms with Crippen molar-refractivity contribution in [3.8, 4) is 0 Å². The molecule has 1 N–H and O–H groups in total. The molecule has 2 aliphatic rings. The predicted octanol–water partition coefficient (Wildman–Crippen LogP) is 4.56. The van der Waals surface area contributed by atoms with Crippen LogP contribution >= 0.6 is 0 Å². The Balaban J connectivity index is 2.20. The van der Waals surface area contributed by atoms with E-state index in [2.05, 4.69) is 27.7 Å². The number of fused-ring (bicyclic) bond motifs is 1. The highest BCUT2D eigenvalue weighted by atomic mass is 16.3. The van der Waals surface area contributed by atoms with Crippen molar-refractivity contribution in [3.63, 3.8) is 0 Å². The van der Waals surface area contributed by atoms with Crippen molar-refractivity contribution in [1.29, 1.82) is 0 Å². The highest BCUT2D eigenvalue weighted by Crippen LogP contribution is 2.55. The molecule has 2 rings (SSSR count). The molecule has 0 bridgehead atoms. The minimum absolute atomic E-state index is 0.254. The zero-order valence-corrected chi connectivity index (χ0v) is 12.6. The quantitative estimate of drug-likeness (QED) is 0.712. The molecule has 0 aliphatic heterocycles. The van der Waals surface area contributed by atoms with Crippen LogP contribution in [0.15, 0.2) is 11.1 Å². The van der Waals surface area contributed by atoms with Gasteiger partial charge >= 0.3 is 0 Å². The maximum Gasteiger partial charge on any atom is 0.0641 e. The molecule has 0 amide bonds. The van der Waals surface area contributed by atoms with E-state index in [0.717, 1.165) is 17.8 Å². The van der Waals surface area contributed by atoms with Crippen LogP contribution in [0.1, 0.15) is 66.2 Å². The van der Waals surface area contributed by atoms with Gasteiger partial charge in [0, 0.05) is 0 Å². The lowest BCUT2D eigenvalue weighted by Crippen LogP contribution is -2.43. The molecule has 0 spiro atoms. The third-order valence-corrected chi connectivity index (χ3v) is 6.08. The van der Waals surface area contributed by atoms with Crippen LogP contribution in [0.2, 0.25) is 0 Å². The Bertz CT molecular complexity index is 327. The molecule has 0 aromatic heterocycles. The fraction of sp³-hybridized carbons (Fsp3) is 0.882. The van der Waals surface area contributed by atoms with Crippen LogP contribution in [-0.2, 0) is 0 Å². The first-order valence-electron chi connectivity index (χ1n) is 7.79. The lowest BCUT2D eigenvalue weighted by atomic mass is 9.53. The van der Waals surface area contributed by atoms with E-state index in [-0.39, 0.29) is 6.61 Å². The highest BCUT2D eigenvalue weighted by molar-refractivity contribution is 5.17. The summed E-state index contributed by atoms with van der Waals surface area (Å²) in [5.41, 5.74) is 3.28. The van der Waals surface area contributed by atoms with Crippen molar-refractivity contribution in [3.05, 3.63) is 11.1 Å². The summed E-state index contributed by atoms with van der Waals surface area (Å²) >= 11 is 0. The summed E-state index contributed by atoms with van der Waals surface area (Å²) in [6.45, 7) is 9.71. The third kappa shape index (κ3) is 2.39. The Morgan fingerprint density at radius 1 is 1.28 bits per heavy atom. The first kappa shape index (κ1) is 14.1. The Hall–Kier alpha value is -0.300. The van der Waals surface area contributed by atoms with Gasteiger partial charge in [0.05, 0.1) is 6.61 Å². The number of allylic oxidation sites excluding steroid dienone is 1. The zero-order valence-electron chi connectivity index (χ0n) is 12.6. The van der Waals surface area contributed by atoms with E-state index >= 15 is 0 Å². The van der Waals surface area contributed by atoms with E-state index in [4.69, 9.17) is 0 Å². The number of aliphatic hydroxyl groups is 1. The fourth-order valence-electron chi connectivity index (χ4n) is 4.63. The van der Waals surface area contributed by atoms with Gasteiger partial charge in [-0.05, 0) is 67.8 Å². The lowest BCUT2D eigenvalue weighted by molar-refractivity contribution is -0.00318. The van der Waals surface area contributed by atoms with Crippen molar-refractivity contribution in [2.75, 3.05) is 6.61 Å².